The van der Waals surface area contributed by atoms with Gasteiger partial charge in [0.05, 0.1) is 18.0 Å². The van der Waals surface area contributed by atoms with Gasteiger partial charge in [0.2, 0.25) is 11.1 Å². The number of carbonyl (C=O) groups is 1. The van der Waals surface area contributed by atoms with Gasteiger partial charge in [-0.1, -0.05) is 23.4 Å². The molecule has 0 aliphatic carbocycles. The monoisotopic (exact) mass is 355 g/mol. The molecule has 1 N–H and O–H groups in total. The van der Waals surface area contributed by atoms with Crippen LogP contribution >= 0.6 is 23.4 Å². The number of aromatic nitrogens is 4. The highest BCUT2D eigenvalue weighted by Crippen LogP contribution is 2.31. The summed E-state index contributed by atoms with van der Waals surface area (Å²) in [5.74, 6) is 0.352. The average Bonchev–Trinajstić information content (AvgIpc) is 2.97. The van der Waals surface area contributed by atoms with Crippen molar-refractivity contribution in [3.8, 4) is 5.75 Å². The zero-order chi connectivity index (χ0) is 17.0. The number of thioether (sulfide) groups is 1. The molecular formula is C14H18ClN5O2S. The molecule has 0 fully saturated rings. The van der Waals surface area contributed by atoms with Gasteiger partial charge in [0, 0.05) is 17.6 Å². The Hall–Kier alpha value is -1.80. The summed E-state index contributed by atoms with van der Waals surface area (Å²) in [6.07, 6.45) is 0. The third-order valence-corrected chi connectivity index (χ3v) is 4.67. The fraction of sp³-hybridized carbons (Fsp3) is 0.429. The minimum absolute atomic E-state index is 0.166. The van der Waals surface area contributed by atoms with Crippen molar-refractivity contribution in [1.82, 2.24) is 20.2 Å². The van der Waals surface area contributed by atoms with Crippen LogP contribution in [0.3, 0.4) is 0 Å². The normalized spacial score (nSPS) is 12.0. The number of methoxy groups -OCH3 is 1. The molecule has 9 heteroatoms. The SMILES string of the molecule is CCn1nnnc1SC(C)C(=O)Nc1cc(C)c(Cl)cc1OC. The fourth-order valence-corrected chi connectivity index (χ4v) is 2.86. The molecule has 1 heterocycles. The van der Waals surface area contributed by atoms with E-state index < -0.39 is 0 Å². The van der Waals surface area contributed by atoms with Crippen molar-refractivity contribution in [2.24, 2.45) is 0 Å². The standard InChI is InChI=1S/C14H18ClN5O2S/c1-5-20-14(17-18-19-20)23-9(3)13(21)16-11-6-8(2)10(15)7-12(11)22-4/h6-7,9H,5H2,1-4H3,(H,16,21). The maximum absolute atomic E-state index is 12.4. The molecule has 0 aliphatic heterocycles. The average molecular weight is 356 g/mol. The van der Waals surface area contributed by atoms with Crippen LogP contribution in [0.1, 0.15) is 19.4 Å². The zero-order valence-corrected chi connectivity index (χ0v) is 14.9. The Morgan fingerprint density at radius 2 is 2.26 bits per heavy atom. The second-order valence-electron chi connectivity index (χ2n) is 4.83. The number of nitrogens with one attached hydrogen (secondary N) is 1. The van der Waals surface area contributed by atoms with Gasteiger partial charge < -0.3 is 10.1 Å². The van der Waals surface area contributed by atoms with E-state index in [-0.39, 0.29) is 11.2 Å². The quantitative estimate of drug-likeness (QED) is 0.802. The van der Waals surface area contributed by atoms with Crippen LogP contribution in [-0.2, 0) is 11.3 Å². The lowest BCUT2D eigenvalue weighted by atomic mass is 10.2. The number of carbonyl (C=O) groups excluding carboxylic acids is 1. The minimum atomic E-state index is -0.369. The molecule has 1 atom stereocenters. The smallest absolute Gasteiger partial charge is 0.237 e. The largest absolute Gasteiger partial charge is 0.495 e. The molecule has 2 rings (SSSR count). The van der Waals surface area contributed by atoms with E-state index in [0.717, 1.165) is 5.56 Å². The Morgan fingerprint density at radius 1 is 1.52 bits per heavy atom. The van der Waals surface area contributed by atoms with Gasteiger partial charge in [-0.15, -0.1) is 5.10 Å². The van der Waals surface area contributed by atoms with Crippen molar-refractivity contribution in [1.29, 1.82) is 0 Å². The minimum Gasteiger partial charge on any atom is -0.495 e. The number of tetrazole rings is 1. The first-order valence-corrected chi connectivity index (χ1v) is 8.29. The molecule has 2 aromatic rings. The van der Waals surface area contributed by atoms with Crippen molar-refractivity contribution in [2.45, 2.75) is 37.7 Å². The predicted octanol–water partition coefficient (Wildman–Crippen LogP) is 2.78. The van der Waals surface area contributed by atoms with Crippen molar-refractivity contribution in [3.05, 3.63) is 22.7 Å². The molecule has 0 radical (unpaired) electrons. The third-order valence-electron chi connectivity index (χ3n) is 3.19. The lowest BCUT2D eigenvalue weighted by Crippen LogP contribution is -2.23. The van der Waals surface area contributed by atoms with Crippen LogP contribution in [0.5, 0.6) is 5.75 Å². The third kappa shape index (κ3) is 4.14. The first-order valence-electron chi connectivity index (χ1n) is 7.04. The first-order chi connectivity index (χ1) is 11.0. The van der Waals surface area contributed by atoms with Crippen molar-refractivity contribution in [3.63, 3.8) is 0 Å². The summed E-state index contributed by atoms with van der Waals surface area (Å²) >= 11 is 7.37. The van der Waals surface area contributed by atoms with Crippen LogP contribution in [0.2, 0.25) is 5.02 Å². The molecule has 0 saturated carbocycles. The second-order valence-corrected chi connectivity index (χ2v) is 6.54. The van der Waals surface area contributed by atoms with Crippen LogP contribution in [0, 0.1) is 6.92 Å². The highest BCUT2D eigenvalue weighted by Gasteiger charge is 2.20. The summed E-state index contributed by atoms with van der Waals surface area (Å²) in [7, 11) is 1.53. The summed E-state index contributed by atoms with van der Waals surface area (Å²) in [6.45, 7) is 6.25. The maximum atomic E-state index is 12.4. The Morgan fingerprint density at radius 3 is 2.91 bits per heavy atom. The molecule has 7 nitrogen and oxygen atoms in total. The van der Waals surface area contributed by atoms with E-state index in [9.17, 15) is 4.79 Å². The van der Waals surface area contributed by atoms with E-state index in [1.165, 1.54) is 18.9 Å². The lowest BCUT2D eigenvalue weighted by Gasteiger charge is -2.15. The summed E-state index contributed by atoms with van der Waals surface area (Å²) in [5.41, 5.74) is 1.44. The van der Waals surface area contributed by atoms with Crippen molar-refractivity contribution >= 4 is 35.0 Å². The number of rotatable bonds is 6. The molecule has 0 spiro atoms. The van der Waals surface area contributed by atoms with Crippen LogP contribution < -0.4 is 10.1 Å². The molecule has 1 aromatic carbocycles. The number of hydrogen-bond donors (Lipinski definition) is 1. The van der Waals surface area contributed by atoms with Crippen molar-refractivity contribution in [2.75, 3.05) is 12.4 Å². The number of amides is 1. The van der Waals surface area contributed by atoms with Gasteiger partial charge in [0.1, 0.15) is 5.75 Å². The molecule has 0 saturated heterocycles. The second kappa shape index (κ2) is 7.65. The highest BCUT2D eigenvalue weighted by atomic mass is 35.5. The van der Waals surface area contributed by atoms with Crippen LogP contribution in [0.25, 0.3) is 0 Å². The Balaban J connectivity index is 2.11. The molecule has 1 amide bonds. The van der Waals surface area contributed by atoms with Gasteiger partial charge in [-0.05, 0) is 42.8 Å². The number of nitrogens with zero attached hydrogens (tertiary/aromatic N) is 4. The number of benzene rings is 1. The highest BCUT2D eigenvalue weighted by molar-refractivity contribution is 8.00. The van der Waals surface area contributed by atoms with Gasteiger partial charge >= 0.3 is 0 Å². The van der Waals surface area contributed by atoms with E-state index in [0.29, 0.717) is 28.2 Å². The Labute approximate surface area is 143 Å². The van der Waals surface area contributed by atoms with E-state index in [1.807, 2.05) is 13.8 Å². The Bertz CT molecular complexity index is 706. The van der Waals surface area contributed by atoms with Gasteiger partial charge in [-0.3, -0.25) is 4.79 Å². The number of hydrogen-bond acceptors (Lipinski definition) is 6. The van der Waals surface area contributed by atoms with Gasteiger partial charge in [0.15, 0.2) is 0 Å². The molecule has 1 aromatic heterocycles. The summed E-state index contributed by atoms with van der Waals surface area (Å²) < 4.78 is 6.90. The van der Waals surface area contributed by atoms with E-state index >= 15 is 0 Å². The van der Waals surface area contributed by atoms with Crippen LogP contribution in [0.15, 0.2) is 17.3 Å². The van der Waals surface area contributed by atoms with E-state index in [4.69, 9.17) is 16.3 Å². The number of anilines is 1. The van der Waals surface area contributed by atoms with Crippen LogP contribution in [-0.4, -0.2) is 38.5 Å². The molecule has 0 bridgehead atoms. The topological polar surface area (TPSA) is 81.9 Å². The predicted molar refractivity (Wildman–Crippen MR) is 90.2 cm³/mol. The fourth-order valence-electron chi connectivity index (χ4n) is 1.86. The van der Waals surface area contributed by atoms with Crippen LogP contribution in [0.4, 0.5) is 5.69 Å². The van der Waals surface area contributed by atoms with Gasteiger partial charge in [-0.25, -0.2) is 4.68 Å². The number of halogens is 1. The summed E-state index contributed by atoms with van der Waals surface area (Å²) in [4.78, 5) is 12.4. The lowest BCUT2D eigenvalue weighted by molar-refractivity contribution is -0.115. The molecular weight excluding hydrogens is 338 g/mol. The summed E-state index contributed by atoms with van der Waals surface area (Å²) in [6, 6.07) is 3.47. The van der Waals surface area contributed by atoms with Crippen molar-refractivity contribution < 1.29 is 9.53 Å². The molecule has 23 heavy (non-hydrogen) atoms. The summed E-state index contributed by atoms with van der Waals surface area (Å²) in [5, 5.41) is 15.1. The first kappa shape index (κ1) is 17.6. The Kier molecular flexibility index (Phi) is 5.84. The van der Waals surface area contributed by atoms with E-state index in [2.05, 4.69) is 20.8 Å². The molecule has 1 unspecified atom stereocenters. The number of aryl methyl sites for hydroxylation is 2. The van der Waals surface area contributed by atoms with E-state index in [1.54, 1.807) is 23.7 Å². The maximum Gasteiger partial charge on any atom is 0.237 e. The van der Waals surface area contributed by atoms with Gasteiger partial charge in [-0.2, -0.15) is 0 Å². The molecule has 0 aliphatic rings. The number of ether oxygens (including phenoxy) is 1. The van der Waals surface area contributed by atoms with Gasteiger partial charge in [0.25, 0.3) is 0 Å². The zero-order valence-electron chi connectivity index (χ0n) is 13.3. The molecule has 124 valence electrons.